The van der Waals surface area contributed by atoms with Gasteiger partial charge in [0.15, 0.2) is 0 Å². The molecule has 0 unspecified atom stereocenters. The molecule has 0 spiro atoms. The Hall–Kier alpha value is -2.40. The smallest absolute Gasteiger partial charge is 0.256 e. The van der Waals surface area contributed by atoms with Crippen molar-refractivity contribution in [2.75, 3.05) is 26.2 Å². The number of piperazine rings is 1. The highest BCUT2D eigenvalue weighted by molar-refractivity contribution is 6.30. The molecular weight excluding hydrogens is 343 g/mol. The molecule has 1 fully saturated rings. The zero-order valence-corrected chi connectivity index (χ0v) is 14.4. The number of amides is 2. The van der Waals surface area contributed by atoms with E-state index in [-0.39, 0.29) is 17.4 Å². The van der Waals surface area contributed by atoms with Crippen LogP contribution >= 0.6 is 11.6 Å². The van der Waals surface area contributed by atoms with E-state index in [0.29, 0.717) is 37.6 Å². The minimum atomic E-state index is -0.520. The highest BCUT2D eigenvalue weighted by Crippen LogP contribution is 2.14. The average molecular weight is 361 g/mol. The number of rotatable bonds is 3. The third kappa shape index (κ3) is 4.17. The van der Waals surface area contributed by atoms with Crippen LogP contribution < -0.4 is 0 Å². The zero-order valence-electron chi connectivity index (χ0n) is 13.6. The van der Waals surface area contributed by atoms with Gasteiger partial charge in [0.1, 0.15) is 5.82 Å². The molecule has 1 aliphatic heterocycles. The monoisotopic (exact) mass is 360 g/mol. The lowest BCUT2D eigenvalue weighted by Crippen LogP contribution is -2.51. The lowest BCUT2D eigenvalue weighted by Gasteiger charge is -2.35. The van der Waals surface area contributed by atoms with Gasteiger partial charge in [-0.25, -0.2) is 4.39 Å². The molecule has 1 saturated heterocycles. The van der Waals surface area contributed by atoms with Crippen LogP contribution in [0.3, 0.4) is 0 Å². The van der Waals surface area contributed by atoms with E-state index in [1.54, 1.807) is 34.1 Å². The minimum absolute atomic E-state index is 0.0142. The zero-order chi connectivity index (χ0) is 17.8. The molecule has 25 heavy (non-hydrogen) atoms. The van der Waals surface area contributed by atoms with Crippen molar-refractivity contribution in [1.82, 2.24) is 9.80 Å². The summed E-state index contributed by atoms with van der Waals surface area (Å²) in [6.07, 6.45) is 0.304. The summed E-state index contributed by atoms with van der Waals surface area (Å²) in [6, 6.07) is 13.1. The second kappa shape index (κ2) is 7.66. The Morgan fingerprint density at radius 2 is 1.52 bits per heavy atom. The van der Waals surface area contributed by atoms with Gasteiger partial charge in [0.05, 0.1) is 12.0 Å². The Labute approximate surface area is 150 Å². The molecule has 0 aliphatic carbocycles. The van der Waals surface area contributed by atoms with Gasteiger partial charge in [0, 0.05) is 31.2 Å². The Morgan fingerprint density at radius 3 is 2.16 bits per heavy atom. The maximum Gasteiger partial charge on any atom is 0.256 e. The number of carbonyl (C=O) groups excluding carboxylic acids is 2. The van der Waals surface area contributed by atoms with Gasteiger partial charge in [0.25, 0.3) is 5.91 Å². The fourth-order valence-electron chi connectivity index (χ4n) is 2.85. The Kier molecular flexibility index (Phi) is 5.34. The number of carbonyl (C=O) groups is 2. The minimum Gasteiger partial charge on any atom is -0.339 e. The first-order chi connectivity index (χ1) is 12.0. The third-order valence-corrected chi connectivity index (χ3v) is 4.54. The first kappa shape index (κ1) is 17.4. The molecule has 6 heteroatoms. The molecule has 4 nitrogen and oxygen atoms in total. The molecule has 0 aromatic heterocycles. The number of nitrogens with zero attached hydrogens (tertiary/aromatic N) is 2. The van der Waals surface area contributed by atoms with E-state index < -0.39 is 5.82 Å². The van der Waals surface area contributed by atoms with E-state index in [1.807, 2.05) is 12.1 Å². The Balaban J connectivity index is 1.56. The van der Waals surface area contributed by atoms with Crippen molar-refractivity contribution in [3.8, 4) is 0 Å². The molecule has 2 aromatic carbocycles. The quantitative estimate of drug-likeness (QED) is 0.844. The van der Waals surface area contributed by atoms with Crippen molar-refractivity contribution >= 4 is 23.4 Å². The molecule has 1 aliphatic rings. The molecule has 0 radical (unpaired) electrons. The number of benzene rings is 2. The van der Waals surface area contributed by atoms with E-state index in [1.165, 1.54) is 12.1 Å². The highest BCUT2D eigenvalue weighted by Gasteiger charge is 2.26. The molecule has 0 atom stereocenters. The predicted molar refractivity (Wildman–Crippen MR) is 94.0 cm³/mol. The van der Waals surface area contributed by atoms with E-state index in [4.69, 9.17) is 11.6 Å². The summed E-state index contributed by atoms with van der Waals surface area (Å²) >= 11 is 5.84. The second-order valence-electron chi connectivity index (χ2n) is 5.96. The topological polar surface area (TPSA) is 40.6 Å². The normalized spacial score (nSPS) is 14.5. The molecule has 0 saturated carbocycles. The number of hydrogen-bond donors (Lipinski definition) is 0. The largest absolute Gasteiger partial charge is 0.339 e. The van der Waals surface area contributed by atoms with Crippen molar-refractivity contribution in [3.05, 3.63) is 70.5 Å². The Bertz CT molecular complexity index is 771. The standard InChI is InChI=1S/C19H18ClFN2O2/c20-15-7-5-14(6-8-15)13-18(24)22-9-11-23(12-10-22)19(25)16-3-1-2-4-17(16)21/h1-8H,9-13H2. The maximum atomic E-state index is 13.7. The molecular formula is C19H18ClFN2O2. The number of hydrogen-bond acceptors (Lipinski definition) is 2. The first-order valence-electron chi connectivity index (χ1n) is 8.10. The van der Waals surface area contributed by atoms with E-state index in [9.17, 15) is 14.0 Å². The summed E-state index contributed by atoms with van der Waals surface area (Å²) < 4.78 is 13.7. The van der Waals surface area contributed by atoms with Crippen molar-refractivity contribution in [2.24, 2.45) is 0 Å². The van der Waals surface area contributed by atoms with E-state index in [0.717, 1.165) is 5.56 Å². The predicted octanol–water partition coefficient (Wildman–Crippen LogP) is 3.01. The molecule has 3 rings (SSSR count). The molecule has 2 amide bonds. The van der Waals surface area contributed by atoms with Gasteiger partial charge < -0.3 is 9.80 Å². The van der Waals surface area contributed by atoms with Crippen molar-refractivity contribution in [3.63, 3.8) is 0 Å². The highest BCUT2D eigenvalue weighted by atomic mass is 35.5. The fourth-order valence-corrected chi connectivity index (χ4v) is 2.98. The van der Waals surface area contributed by atoms with Crippen LogP contribution in [0.15, 0.2) is 48.5 Å². The van der Waals surface area contributed by atoms with Crippen LogP contribution in [0.25, 0.3) is 0 Å². The van der Waals surface area contributed by atoms with Gasteiger partial charge in [-0.2, -0.15) is 0 Å². The summed E-state index contributed by atoms with van der Waals surface area (Å²) in [5, 5.41) is 0.636. The molecule has 1 heterocycles. The fraction of sp³-hybridized carbons (Fsp3) is 0.263. The SMILES string of the molecule is O=C(Cc1ccc(Cl)cc1)N1CCN(C(=O)c2ccccc2F)CC1. The average Bonchev–Trinajstić information content (AvgIpc) is 2.63. The lowest BCUT2D eigenvalue weighted by molar-refractivity contribution is -0.131. The van der Waals surface area contributed by atoms with Crippen LogP contribution in [0.2, 0.25) is 5.02 Å². The summed E-state index contributed by atoms with van der Waals surface area (Å²) in [5.74, 6) is -0.836. The first-order valence-corrected chi connectivity index (χ1v) is 8.48. The van der Waals surface area contributed by atoms with Crippen LogP contribution in [-0.2, 0) is 11.2 Å². The second-order valence-corrected chi connectivity index (χ2v) is 6.39. The van der Waals surface area contributed by atoms with Gasteiger partial charge in [-0.1, -0.05) is 35.9 Å². The van der Waals surface area contributed by atoms with E-state index in [2.05, 4.69) is 0 Å². The van der Waals surface area contributed by atoms with E-state index >= 15 is 0 Å². The van der Waals surface area contributed by atoms with Crippen molar-refractivity contribution in [2.45, 2.75) is 6.42 Å². The summed E-state index contributed by atoms with van der Waals surface area (Å²) in [7, 11) is 0. The number of halogens is 2. The van der Waals surface area contributed by atoms with Crippen LogP contribution in [0.1, 0.15) is 15.9 Å². The molecule has 0 N–H and O–H groups in total. The van der Waals surface area contributed by atoms with Crippen LogP contribution in [-0.4, -0.2) is 47.8 Å². The van der Waals surface area contributed by atoms with Crippen LogP contribution in [0, 0.1) is 5.82 Å². The molecule has 0 bridgehead atoms. The van der Waals surface area contributed by atoms with Gasteiger partial charge in [0.2, 0.25) is 5.91 Å². The molecule has 130 valence electrons. The summed E-state index contributed by atoms with van der Waals surface area (Å²) in [5.41, 5.74) is 0.975. The van der Waals surface area contributed by atoms with Gasteiger partial charge in [-0.05, 0) is 29.8 Å². The summed E-state index contributed by atoms with van der Waals surface area (Å²) in [4.78, 5) is 28.1. The summed E-state index contributed by atoms with van der Waals surface area (Å²) in [6.45, 7) is 1.71. The Morgan fingerprint density at radius 1 is 0.920 bits per heavy atom. The van der Waals surface area contributed by atoms with Crippen LogP contribution in [0.5, 0.6) is 0 Å². The third-order valence-electron chi connectivity index (χ3n) is 4.29. The van der Waals surface area contributed by atoms with Gasteiger partial charge in [-0.15, -0.1) is 0 Å². The van der Waals surface area contributed by atoms with Crippen molar-refractivity contribution < 1.29 is 14.0 Å². The van der Waals surface area contributed by atoms with Crippen LogP contribution in [0.4, 0.5) is 4.39 Å². The molecule has 2 aromatic rings. The maximum absolute atomic E-state index is 13.7. The van der Waals surface area contributed by atoms with Gasteiger partial charge in [-0.3, -0.25) is 9.59 Å². The lowest BCUT2D eigenvalue weighted by atomic mass is 10.1. The van der Waals surface area contributed by atoms with Gasteiger partial charge >= 0.3 is 0 Å². The van der Waals surface area contributed by atoms with Crippen molar-refractivity contribution in [1.29, 1.82) is 0 Å².